The molecular formula is C29H56O20. The maximum absolute atomic E-state index is 9.56. The summed E-state index contributed by atoms with van der Waals surface area (Å²) >= 11 is 0. The molecule has 0 saturated heterocycles. The molecule has 0 rings (SSSR count). The number of carboxylic acids is 3. The van der Waals surface area contributed by atoms with Gasteiger partial charge in [0.25, 0.3) is 0 Å². The summed E-state index contributed by atoms with van der Waals surface area (Å²) in [6, 6.07) is 0. The fourth-order valence-electron chi connectivity index (χ4n) is 2.12. The zero-order valence-electron chi connectivity index (χ0n) is 27.4. The number of hydrogen-bond acceptors (Lipinski definition) is 17. The van der Waals surface area contributed by atoms with Crippen LogP contribution in [0.1, 0.15) is 0 Å². The third-order valence-electron chi connectivity index (χ3n) is 6.18. The molecule has 0 heterocycles. The molecule has 0 amide bonds. The Labute approximate surface area is 284 Å². The Morgan fingerprint density at radius 2 is 0.510 bits per heavy atom. The van der Waals surface area contributed by atoms with Gasteiger partial charge in [0.1, 0.15) is 0 Å². The van der Waals surface area contributed by atoms with Gasteiger partial charge in [-0.05, 0) is 0 Å². The van der Waals surface area contributed by atoms with Crippen molar-refractivity contribution in [2.24, 2.45) is 21.7 Å². The largest absolute Gasteiger partial charge is 0.478 e. The molecule has 0 aromatic carbocycles. The van der Waals surface area contributed by atoms with Gasteiger partial charge < -0.3 is 86.1 Å². The lowest BCUT2D eigenvalue weighted by Crippen LogP contribution is -2.45. The van der Waals surface area contributed by atoms with E-state index in [2.05, 4.69) is 19.7 Å². The first-order valence-electron chi connectivity index (χ1n) is 14.0. The zero-order valence-corrected chi connectivity index (χ0v) is 27.4. The normalized spacial score (nSPS) is 11.0. The van der Waals surface area contributed by atoms with Crippen molar-refractivity contribution in [3.63, 3.8) is 0 Å². The van der Waals surface area contributed by atoms with E-state index in [1.54, 1.807) is 0 Å². The summed E-state index contributed by atoms with van der Waals surface area (Å²) in [6.07, 6.45) is 2.50. The van der Waals surface area contributed by atoms with Gasteiger partial charge in [0.2, 0.25) is 0 Å². The Morgan fingerprint density at radius 1 is 0.367 bits per heavy atom. The molecule has 0 saturated carbocycles. The van der Waals surface area contributed by atoms with Crippen LogP contribution in [0.2, 0.25) is 0 Å². The van der Waals surface area contributed by atoms with Crippen molar-refractivity contribution in [3.05, 3.63) is 38.0 Å². The van der Waals surface area contributed by atoms with Crippen LogP contribution in [0.4, 0.5) is 0 Å². The number of aliphatic hydroxyl groups is 12. The Balaban J connectivity index is -0.000000216. The number of hydrogen-bond donors (Lipinski definition) is 15. The van der Waals surface area contributed by atoms with Crippen LogP contribution in [0.15, 0.2) is 38.0 Å². The van der Waals surface area contributed by atoms with E-state index in [1.165, 1.54) is 0 Å². The minimum Gasteiger partial charge on any atom is -0.478 e. The van der Waals surface area contributed by atoms with Crippen molar-refractivity contribution in [2.75, 3.05) is 106 Å². The van der Waals surface area contributed by atoms with Crippen LogP contribution in [0, 0.1) is 21.7 Å². The van der Waals surface area contributed by atoms with Crippen LogP contribution in [0.3, 0.4) is 0 Å². The second kappa shape index (κ2) is 33.6. The van der Waals surface area contributed by atoms with E-state index in [0.29, 0.717) is 0 Å². The van der Waals surface area contributed by atoms with E-state index in [1.807, 2.05) is 0 Å². The molecule has 49 heavy (non-hydrogen) atoms. The average Bonchev–Trinajstić information content (AvgIpc) is 3.13. The first-order chi connectivity index (χ1) is 23.0. The summed E-state index contributed by atoms with van der Waals surface area (Å²) in [7, 11) is 0. The molecule has 0 aromatic heterocycles. The summed E-state index contributed by atoms with van der Waals surface area (Å²) in [5.74, 6) is -2.94. The zero-order chi connectivity index (χ0) is 39.6. The van der Waals surface area contributed by atoms with E-state index >= 15 is 0 Å². The summed E-state index contributed by atoms with van der Waals surface area (Å²) in [5.41, 5.74) is -4.80. The van der Waals surface area contributed by atoms with Gasteiger partial charge in [0.05, 0.1) is 127 Å². The number of aliphatic hydroxyl groups excluding tert-OH is 12. The van der Waals surface area contributed by atoms with Crippen molar-refractivity contribution < 1.29 is 100 Å². The lowest BCUT2D eigenvalue weighted by atomic mass is 9.90. The van der Waals surface area contributed by atoms with Crippen LogP contribution >= 0.6 is 0 Å². The predicted octanol–water partition coefficient (Wildman–Crippen LogP) is -5.37. The number of ether oxygens (including phenoxy) is 2. The Bertz CT molecular complexity index is 744. The van der Waals surface area contributed by atoms with E-state index in [4.69, 9.17) is 45.2 Å². The molecule has 0 aliphatic rings. The molecule has 20 heteroatoms. The van der Waals surface area contributed by atoms with Crippen molar-refractivity contribution >= 4 is 17.9 Å². The third-order valence-corrected chi connectivity index (χ3v) is 6.18. The number of aliphatic carboxylic acids is 3. The summed E-state index contributed by atoms with van der Waals surface area (Å²) in [4.78, 5) is 27.8. The third kappa shape index (κ3) is 27.6. The summed E-state index contributed by atoms with van der Waals surface area (Å²) in [6.45, 7) is 2.44. The van der Waals surface area contributed by atoms with Gasteiger partial charge in [-0.25, -0.2) is 14.4 Å². The molecule has 0 unspecified atom stereocenters. The highest BCUT2D eigenvalue weighted by Gasteiger charge is 2.35. The van der Waals surface area contributed by atoms with Gasteiger partial charge in [-0.15, -0.1) is 0 Å². The van der Waals surface area contributed by atoms with Crippen LogP contribution in [-0.2, 0) is 23.9 Å². The van der Waals surface area contributed by atoms with Gasteiger partial charge in [-0.3, -0.25) is 0 Å². The average molecular weight is 725 g/mol. The molecule has 0 aromatic rings. The SMILES string of the molecule is C=CC(=O)O.C=CC(=O)O.C=CC(=O)O.OCC(CO)(CO)CO.OCC(CO)(CO)COCC(CO)(CO)COCC(CO)(CO)CO. The topological polar surface area (TPSA) is 373 Å². The molecular weight excluding hydrogens is 668 g/mol. The number of carboxylic acid groups (broad SMARTS) is 3. The van der Waals surface area contributed by atoms with E-state index < -0.39 is 119 Å². The Kier molecular flexibility index (Phi) is 38.0. The van der Waals surface area contributed by atoms with E-state index in [9.17, 15) is 55.2 Å². The molecule has 0 radical (unpaired) electrons. The maximum atomic E-state index is 9.56. The lowest BCUT2D eigenvalue weighted by molar-refractivity contribution is -0.132. The standard InChI is InChI=1S/C15H32O10.C5H12O4.3C3H4O2/c16-1-13(2-17,3-18)9-24-11-15(7-22,8-23)12-25-10-14(4-19,5-20)6-21;6-1-5(2-7,3-8)4-9;3*1-2-3(4)5/h16-23H,1-12H2;6-9H,1-4H2;3*2H,1H2,(H,4,5). The molecule has 292 valence electrons. The van der Waals surface area contributed by atoms with Crippen molar-refractivity contribution in [2.45, 2.75) is 0 Å². The maximum Gasteiger partial charge on any atom is 0.327 e. The quantitative estimate of drug-likeness (QED) is 0.0437. The molecule has 15 N–H and O–H groups in total. The van der Waals surface area contributed by atoms with Crippen molar-refractivity contribution in [1.29, 1.82) is 0 Å². The number of carbonyl (C=O) groups is 3. The molecule has 0 atom stereocenters. The molecule has 0 aliphatic carbocycles. The monoisotopic (exact) mass is 724 g/mol. The Morgan fingerprint density at radius 3 is 0.612 bits per heavy atom. The minimum absolute atomic E-state index is 0.188. The molecule has 0 fully saturated rings. The molecule has 0 spiro atoms. The summed E-state index contributed by atoms with van der Waals surface area (Å²) < 4.78 is 10.7. The molecule has 0 bridgehead atoms. The van der Waals surface area contributed by atoms with Gasteiger partial charge in [0.15, 0.2) is 0 Å². The smallest absolute Gasteiger partial charge is 0.327 e. The van der Waals surface area contributed by atoms with Gasteiger partial charge in [-0.2, -0.15) is 0 Å². The highest BCUT2D eigenvalue weighted by molar-refractivity contribution is 5.79. The van der Waals surface area contributed by atoms with E-state index in [-0.39, 0.29) is 26.4 Å². The van der Waals surface area contributed by atoms with Crippen molar-refractivity contribution in [1.82, 2.24) is 0 Å². The van der Waals surface area contributed by atoms with Gasteiger partial charge >= 0.3 is 17.9 Å². The van der Waals surface area contributed by atoms with Gasteiger partial charge in [-0.1, -0.05) is 19.7 Å². The highest BCUT2D eigenvalue weighted by atomic mass is 16.5. The van der Waals surface area contributed by atoms with Crippen LogP contribution in [-0.4, -0.2) is 200 Å². The summed E-state index contributed by atoms with van der Waals surface area (Å²) in [5, 5.41) is 131. The fraction of sp³-hybridized carbons (Fsp3) is 0.690. The second-order valence-corrected chi connectivity index (χ2v) is 10.5. The minimum atomic E-state index is -1.24. The van der Waals surface area contributed by atoms with Crippen LogP contribution < -0.4 is 0 Å². The lowest BCUT2D eigenvalue weighted by Gasteiger charge is -2.34. The first kappa shape index (κ1) is 55.5. The van der Waals surface area contributed by atoms with Gasteiger partial charge in [0, 0.05) is 18.2 Å². The number of rotatable bonds is 23. The van der Waals surface area contributed by atoms with Crippen LogP contribution in [0.5, 0.6) is 0 Å². The Hall–Kier alpha value is -2.93. The second-order valence-electron chi connectivity index (χ2n) is 10.5. The predicted molar refractivity (Wildman–Crippen MR) is 170 cm³/mol. The first-order valence-corrected chi connectivity index (χ1v) is 14.0. The highest BCUT2D eigenvalue weighted by Crippen LogP contribution is 2.23. The fourth-order valence-corrected chi connectivity index (χ4v) is 2.12. The van der Waals surface area contributed by atoms with Crippen LogP contribution in [0.25, 0.3) is 0 Å². The molecule has 0 aliphatic heterocycles. The van der Waals surface area contributed by atoms with E-state index in [0.717, 1.165) is 18.2 Å². The molecule has 20 nitrogen and oxygen atoms in total. The van der Waals surface area contributed by atoms with Crippen molar-refractivity contribution in [3.8, 4) is 0 Å².